The van der Waals surface area contributed by atoms with Gasteiger partial charge < -0.3 is 9.47 Å². The second-order valence-electron chi connectivity index (χ2n) is 8.50. The Morgan fingerprint density at radius 2 is 1.33 bits per heavy atom. The lowest BCUT2D eigenvalue weighted by Crippen LogP contribution is -2.56. The van der Waals surface area contributed by atoms with Crippen molar-refractivity contribution in [3.8, 4) is 0 Å². The second kappa shape index (κ2) is 8.73. The van der Waals surface area contributed by atoms with Crippen LogP contribution in [0.15, 0.2) is 91.0 Å². The van der Waals surface area contributed by atoms with Gasteiger partial charge in [-0.1, -0.05) is 91.0 Å². The fourth-order valence-electron chi connectivity index (χ4n) is 4.80. The minimum atomic E-state index is -0.495. The van der Waals surface area contributed by atoms with Crippen molar-refractivity contribution in [1.82, 2.24) is 4.90 Å². The number of nitrogens with zero attached hydrogens (tertiary/aromatic N) is 1. The highest BCUT2D eigenvalue weighted by Gasteiger charge is 2.44. The van der Waals surface area contributed by atoms with E-state index >= 15 is 0 Å². The Balaban J connectivity index is 1.34. The van der Waals surface area contributed by atoms with Crippen molar-refractivity contribution in [2.24, 2.45) is 0 Å². The molecule has 3 aromatic carbocycles. The maximum Gasteiger partial charge on any atom is 0.181 e. The van der Waals surface area contributed by atoms with Gasteiger partial charge in [0, 0.05) is 18.9 Å². The summed E-state index contributed by atoms with van der Waals surface area (Å²) in [5.74, 6) is -0.0411. The lowest BCUT2D eigenvalue weighted by Gasteiger charge is -2.49. The fourth-order valence-corrected chi connectivity index (χ4v) is 4.80. The normalized spacial score (nSPS) is 27.2. The third kappa shape index (κ3) is 4.20. The molecular formula is C27H29NO2. The average molecular weight is 400 g/mol. The maximum absolute atomic E-state index is 6.46. The van der Waals surface area contributed by atoms with E-state index in [1.807, 2.05) is 0 Å². The molecule has 154 valence electrons. The van der Waals surface area contributed by atoms with Crippen LogP contribution in [0.1, 0.15) is 41.5 Å². The first-order chi connectivity index (χ1) is 14.8. The smallest absolute Gasteiger partial charge is 0.181 e. The number of hydrogen-bond donors (Lipinski definition) is 0. The molecule has 1 spiro atoms. The van der Waals surface area contributed by atoms with Crippen LogP contribution in [0.3, 0.4) is 0 Å². The highest BCUT2D eigenvalue weighted by atomic mass is 16.7. The zero-order valence-corrected chi connectivity index (χ0v) is 17.3. The van der Waals surface area contributed by atoms with E-state index in [0.717, 1.165) is 32.5 Å². The minimum absolute atomic E-state index is 0.243. The highest BCUT2D eigenvalue weighted by molar-refractivity contribution is 5.23. The third-order valence-corrected chi connectivity index (χ3v) is 6.49. The first-order valence-corrected chi connectivity index (χ1v) is 11.0. The Kier molecular flexibility index (Phi) is 5.67. The van der Waals surface area contributed by atoms with Gasteiger partial charge in [-0.15, -0.1) is 0 Å². The SMILES string of the molecule is c1ccc(CN2CC3(CC[C@@H](c4ccccc4)CO3)OC[C@@H]2c2ccccc2)cc1. The second-order valence-corrected chi connectivity index (χ2v) is 8.50. The summed E-state index contributed by atoms with van der Waals surface area (Å²) in [7, 11) is 0. The van der Waals surface area contributed by atoms with Gasteiger partial charge in [-0.25, -0.2) is 0 Å². The minimum Gasteiger partial charge on any atom is -0.348 e. The lowest BCUT2D eigenvalue weighted by molar-refractivity contribution is -0.297. The zero-order chi connectivity index (χ0) is 20.2. The van der Waals surface area contributed by atoms with Crippen molar-refractivity contribution >= 4 is 0 Å². The van der Waals surface area contributed by atoms with Crippen LogP contribution in [0.25, 0.3) is 0 Å². The van der Waals surface area contributed by atoms with Gasteiger partial charge in [0.2, 0.25) is 0 Å². The Hall–Kier alpha value is -2.46. The molecule has 0 aliphatic carbocycles. The number of benzene rings is 3. The Morgan fingerprint density at radius 1 is 0.733 bits per heavy atom. The summed E-state index contributed by atoms with van der Waals surface area (Å²) in [5.41, 5.74) is 4.00. The van der Waals surface area contributed by atoms with Gasteiger partial charge in [-0.3, -0.25) is 4.90 Å². The molecule has 1 unspecified atom stereocenters. The van der Waals surface area contributed by atoms with E-state index in [-0.39, 0.29) is 6.04 Å². The van der Waals surface area contributed by atoms with Crippen LogP contribution in [-0.2, 0) is 16.0 Å². The summed E-state index contributed by atoms with van der Waals surface area (Å²) < 4.78 is 12.9. The molecule has 30 heavy (non-hydrogen) atoms. The molecule has 0 aromatic heterocycles. The Morgan fingerprint density at radius 3 is 1.97 bits per heavy atom. The molecule has 0 amide bonds. The summed E-state index contributed by atoms with van der Waals surface area (Å²) in [6.07, 6.45) is 2.03. The molecule has 2 heterocycles. The van der Waals surface area contributed by atoms with Gasteiger partial charge in [0.05, 0.1) is 25.8 Å². The van der Waals surface area contributed by atoms with E-state index in [1.54, 1.807) is 0 Å². The molecule has 0 radical (unpaired) electrons. The summed E-state index contributed by atoms with van der Waals surface area (Å²) in [6.45, 7) is 3.08. The zero-order valence-electron chi connectivity index (χ0n) is 17.3. The molecule has 0 N–H and O–H groups in total. The van der Waals surface area contributed by atoms with Crippen LogP contribution in [0.2, 0.25) is 0 Å². The van der Waals surface area contributed by atoms with Crippen molar-refractivity contribution < 1.29 is 9.47 Å². The Labute approximate surface area is 179 Å². The van der Waals surface area contributed by atoms with Crippen molar-refractivity contribution in [3.05, 3.63) is 108 Å². The van der Waals surface area contributed by atoms with E-state index < -0.39 is 5.79 Å². The van der Waals surface area contributed by atoms with E-state index in [0.29, 0.717) is 12.5 Å². The van der Waals surface area contributed by atoms with E-state index in [9.17, 15) is 0 Å². The predicted octanol–water partition coefficient (Wildman–Crippen LogP) is 5.55. The topological polar surface area (TPSA) is 21.7 Å². The van der Waals surface area contributed by atoms with Crippen LogP contribution in [-0.4, -0.2) is 30.4 Å². The molecule has 3 nitrogen and oxygen atoms in total. The maximum atomic E-state index is 6.46. The van der Waals surface area contributed by atoms with Crippen molar-refractivity contribution in [1.29, 1.82) is 0 Å². The molecule has 2 aliphatic heterocycles. The van der Waals surface area contributed by atoms with E-state index in [2.05, 4.69) is 95.9 Å². The van der Waals surface area contributed by atoms with Crippen LogP contribution < -0.4 is 0 Å². The average Bonchev–Trinajstić information content (AvgIpc) is 2.82. The quantitative estimate of drug-likeness (QED) is 0.574. The third-order valence-electron chi connectivity index (χ3n) is 6.49. The summed E-state index contributed by atoms with van der Waals surface area (Å²) in [5, 5.41) is 0. The molecule has 5 rings (SSSR count). The number of ether oxygens (including phenoxy) is 2. The van der Waals surface area contributed by atoms with Crippen LogP contribution in [0.4, 0.5) is 0 Å². The molecule has 2 saturated heterocycles. The molecular weight excluding hydrogens is 370 g/mol. The van der Waals surface area contributed by atoms with Crippen molar-refractivity contribution in [2.75, 3.05) is 19.8 Å². The van der Waals surface area contributed by atoms with Crippen LogP contribution >= 0.6 is 0 Å². The van der Waals surface area contributed by atoms with Gasteiger partial charge in [-0.05, 0) is 23.1 Å². The molecule has 2 fully saturated rings. The van der Waals surface area contributed by atoms with Crippen molar-refractivity contribution in [2.45, 2.75) is 37.1 Å². The largest absolute Gasteiger partial charge is 0.348 e. The number of morpholine rings is 1. The lowest BCUT2D eigenvalue weighted by atomic mass is 9.89. The van der Waals surface area contributed by atoms with Crippen LogP contribution in [0.5, 0.6) is 0 Å². The first-order valence-electron chi connectivity index (χ1n) is 11.0. The van der Waals surface area contributed by atoms with Gasteiger partial charge in [0.25, 0.3) is 0 Å². The van der Waals surface area contributed by atoms with Crippen molar-refractivity contribution in [3.63, 3.8) is 0 Å². The van der Waals surface area contributed by atoms with Crippen LogP contribution in [0, 0.1) is 0 Å². The molecule has 3 heteroatoms. The summed E-state index contributed by atoms with van der Waals surface area (Å²) in [6, 6.07) is 32.4. The molecule has 3 aromatic rings. The number of rotatable bonds is 4. The first kappa shape index (κ1) is 19.5. The highest BCUT2D eigenvalue weighted by Crippen LogP contribution is 2.40. The van der Waals surface area contributed by atoms with E-state index in [1.165, 1.54) is 16.7 Å². The molecule has 0 saturated carbocycles. The van der Waals surface area contributed by atoms with Gasteiger partial charge in [0.15, 0.2) is 5.79 Å². The standard InChI is InChI=1S/C27H29NO2/c1-4-10-22(11-5-1)18-28-21-27(30-20-26(28)24-14-8-3-9-15-24)17-16-25(19-29-27)23-12-6-2-7-13-23/h1-15,25-26H,16-21H2/t25-,26-,27?/m1/s1. The van der Waals surface area contributed by atoms with Gasteiger partial charge in [-0.2, -0.15) is 0 Å². The predicted molar refractivity (Wildman–Crippen MR) is 119 cm³/mol. The molecule has 3 atom stereocenters. The van der Waals surface area contributed by atoms with Gasteiger partial charge >= 0.3 is 0 Å². The monoisotopic (exact) mass is 399 g/mol. The number of hydrogen-bond acceptors (Lipinski definition) is 3. The molecule has 0 bridgehead atoms. The summed E-state index contributed by atoms with van der Waals surface area (Å²) in [4.78, 5) is 2.54. The Bertz CT molecular complexity index is 915. The fraction of sp³-hybridized carbons (Fsp3) is 0.333. The van der Waals surface area contributed by atoms with E-state index in [4.69, 9.17) is 9.47 Å². The van der Waals surface area contributed by atoms with Gasteiger partial charge in [0.1, 0.15) is 0 Å². The summed E-state index contributed by atoms with van der Waals surface area (Å²) >= 11 is 0. The molecule has 2 aliphatic rings.